The van der Waals surface area contributed by atoms with Crippen molar-refractivity contribution in [1.29, 1.82) is 0 Å². The van der Waals surface area contributed by atoms with E-state index in [0.717, 1.165) is 12.5 Å². The molecule has 0 radical (unpaired) electrons. The number of hydrogen-bond donors (Lipinski definition) is 1. The van der Waals surface area contributed by atoms with E-state index in [1.54, 1.807) is 6.07 Å². The summed E-state index contributed by atoms with van der Waals surface area (Å²) in [4.78, 5) is 0. The molecule has 1 unspecified atom stereocenters. The van der Waals surface area contributed by atoms with E-state index >= 15 is 0 Å². The van der Waals surface area contributed by atoms with Gasteiger partial charge in [0.15, 0.2) is 11.6 Å². The molecule has 18 heavy (non-hydrogen) atoms. The fraction of sp³-hybridized carbons (Fsp3) is 0.200. The van der Waals surface area contributed by atoms with Gasteiger partial charge in [-0.2, -0.15) is 0 Å². The first-order valence-corrected chi connectivity index (χ1v) is 5.90. The molecule has 1 nitrogen and oxygen atoms in total. The van der Waals surface area contributed by atoms with Crippen molar-refractivity contribution in [3.05, 3.63) is 65.7 Å². The van der Waals surface area contributed by atoms with Gasteiger partial charge in [-0.05, 0) is 31.0 Å². The van der Waals surface area contributed by atoms with E-state index in [4.69, 9.17) is 0 Å². The molecule has 0 amide bonds. The third-order valence-electron chi connectivity index (χ3n) is 2.72. The normalized spacial score (nSPS) is 12.2. The van der Waals surface area contributed by atoms with Crippen LogP contribution in [-0.2, 0) is 6.42 Å². The van der Waals surface area contributed by atoms with Crippen molar-refractivity contribution < 1.29 is 8.78 Å². The first-order chi connectivity index (χ1) is 8.65. The van der Waals surface area contributed by atoms with Gasteiger partial charge in [0.05, 0.1) is 0 Å². The van der Waals surface area contributed by atoms with Gasteiger partial charge in [0.25, 0.3) is 0 Å². The van der Waals surface area contributed by atoms with E-state index in [1.807, 2.05) is 37.3 Å². The molecule has 0 spiro atoms. The molecule has 3 heteroatoms. The highest BCUT2D eigenvalue weighted by atomic mass is 19.2. The quantitative estimate of drug-likeness (QED) is 0.860. The van der Waals surface area contributed by atoms with Crippen LogP contribution in [0.2, 0.25) is 0 Å². The van der Waals surface area contributed by atoms with Crippen LogP contribution in [0.15, 0.2) is 48.5 Å². The zero-order valence-corrected chi connectivity index (χ0v) is 10.2. The summed E-state index contributed by atoms with van der Waals surface area (Å²) in [6.45, 7) is 2.01. The zero-order chi connectivity index (χ0) is 13.0. The van der Waals surface area contributed by atoms with Gasteiger partial charge in [0.2, 0.25) is 0 Å². The Hall–Kier alpha value is -1.90. The highest BCUT2D eigenvalue weighted by Crippen LogP contribution is 2.15. The zero-order valence-electron chi connectivity index (χ0n) is 10.2. The first-order valence-electron chi connectivity index (χ1n) is 5.90. The van der Waals surface area contributed by atoms with E-state index in [1.165, 1.54) is 11.6 Å². The van der Waals surface area contributed by atoms with Crippen LogP contribution in [-0.4, -0.2) is 6.04 Å². The number of halogens is 2. The Bertz CT molecular complexity index is 511. The van der Waals surface area contributed by atoms with Gasteiger partial charge in [-0.3, -0.25) is 0 Å². The number of hydrogen-bond acceptors (Lipinski definition) is 1. The van der Waals surface area contributed by atoms with Crippen LogP contribution in [0.5, 0.6) is 0 Å². The minimum absolute atomic E-state index is 0.150. The lowest BCUT2D eigenvalue weighted by molar-refractivity contribution is 0.509. The summed E-state index contributed by atoms with van der Waals surface area (Å²) in [7, 11) is 0. The average molecular weight is 247 g/mol. The summed E-state index contributed by atoms with van der Waals surface area (Å²) in [6.07, 6.45) is 0.833. The van der Waals surface area contributed by atoms with Gasteiger partial charge < -0.3 is 5.32 Å². The lowest BCUT2D eigenvalue weighted by Gasteiger charge is -2.15. The summed E-state index contributed by atoms with van der Waals surface area (Å²) in [5.74, 6) is -1.65. The van der Waals surface area contributed by atoms with Crippen LogP contribution in [0, 0.1) is 11.6 Å². The van der Waals surface area contributed by atoms with Crippen LogP contribution in [0.4, 0.5) is 14.5 Å². The molecule has 2 aromatic carbocycles. The summed E-state index contributed by atoms with van der Waals surface area (Å²) in [5.41, 5.74) is 1.80. The van der Waals surface area contributed by atoms with E-state index in [0.29, 0.717) is 5.69 Å². The Morgan fingerprint density at radius 3 is 2.39 bits per heavy atom. The Balaban J connectivity index is 1.99. The van der Waals surface area contributed by atoms with Crippen LogP contribution in [0.1, 0.15) is 12.5 Å². The molecule has 0 heterocycles. The van der Waals surface area contributed by atoms with Crippen molar-refractivity contribution in [3.8, 4) is 0 Å². The highest BCUT2D eigenvalue weighted by molar-refractivity contribution is 5.44. The van der Waals surface area contributed by atoms with Crippen molar-refractivity contribution in [3.63, 3.8) is 0 Å². The van der Waals surface area contributed by atoms with E-state index < -0.39 is 11.6 Å². The smallest absolute Gasteiger partial charge is 0.160 e. The van der Waals surface area contributed by atoms with Gasteiger partial charge in [-0.25, -0.2) is 8.78 Å². The SMILES string of the molecule is CC(Cc1ccccc1)Nc1ccc(F)c(F)c1. The molecule has 0 aliphatic heterocycles. The Morgan fingerprint density at radius 2 is 1.72 bits per heavy atom. The maximum absolute atomic E-state index is 13.0. The van der Waals surface area contributed by atoms with Crippen LogP contribution in [0.25, 0.3) is 0 Å². The highest BCUT2D eigenvalue weighted by Gasteiger charge is 2.06. The molecule has 2 rings (SSSR count). The molecule has 0 aliphatic rings. The van der Waals surface area contributed by atoms with Gasteiger partial charge >= 0.3 is 0 Å². The summed E-state index contributed by atoms with van der Waals surface area (Å²) in [5, 5.41) is 3.15. The largest absolute Gasteiger partial charge is 0.382 e. The van der Waals surface area contributed by atoms with Gasteiger partial charge in [-0.15, -0.1) is 0 Å². The van der Waals surface area contributed by atoms with Gasteiger partial charge in [0, 0.05) is 17.8 Å². The molecule has 0 aliphatic carbocycles. The summed E-state index contributed by atoms with van der Waals surface area (Å²) < 4.78 is 25.8. The topological polar surface area (TPSA) is 12.0 Å². The molecule has 1 N–H and O–H groups in total. The second-order valence-corrected chi connectivity index (χ2v) is 4.36. The second-order valence-electron chi connectivity index (χ2n) is 4.36. The van der Waals surface area contributed by atoms with Gasteiger partial charge in [-0.1, -0.05) is 30.3 Å². The van der Waals surface area contributed by atoms with Crippen molar-refractivity contribution in [2.45, 2.75) is 19.4 Å². The lowest BCUT2D eigenvalue weighted by Crippen LogP contribution is -2.18. The number of nitrogens with one attached hydrogen (secondary N) is 1. The third kappa shape index (κ3) is 3.29. The fourth-order valence-electron chi connectivity index (χ4n) is 1.89. The van der Waals surface area contributed by atoms with Crippen molar-refractivity contribution in [2.75, 3.05) is 5.32 Å². The molecular formula is C15H15F2N. The molecule has 2 aromatic rings. The molecular weight excluding hydrogens is 232 g/mol. The molecule has 0 saturated carbocycles. The van der Waals surface area contributed by atoms with Crippen molar-refractivity contribution in [1.82, 2.24) is 0 Å². The number of rotatable bonds is 4. The van der Waals surface area contributed by atoms with Crippen LogP contribution in [0.3, 0.4) is 0 Å². The molecule has 0 aromatic heterocycles. The van der Waals surface area contributed by atoms with E-state index in [2.05, 4.69) is 5.32 Å². The van der Waals surface area contributed by atoms with Crippen molar-refractivity contribution in [2.24, 2.45) is 0 Å². The second kappa shape index (κ2) is 5.63. The Morgan fingerprint density at radius 1 is 1.00 bits per heavy atom. The van der Waals surface area contributed by atoms with E-state index in [-0.39, 0.29) is 6.04 Å². The summed E-state index contributed by atoms with van der Waals surface area (Å²) in [6, 6.07) is 14.0. The number of benzene rings is 2. The maximum atomic E-state index is 13.0. The van der Waals surface area contributed by atoms with Crippen LogP contribution >= 0.6 is 0 Å². The molecule has 0 fully saturated rings. The van der Waals surface area contributed by atoms with Crippen molar-refractivity contribution >= 4 is 5.69 Å². The van der Waals surface area contributed by atoms with Gasteiger partial charge in [0.1, 0.15) is 0 Å². The third-order valence-corrected chi connectivity index (χ3v) is 2.72. The predicted octanol–water partition coefficient (Wildman–Crippen LogP) is 4.01. The lowest BCUT2D eigenvalue weighted by atomic mass is 10.1. The predicted molar refractivity (Wildman–Crippen MR) is 69.6 cm³/mol. The minimum atomic E-state index is -0.827. The maximum Gasteiger partial charge on any atom is 0.160 e. The monoisotopic (exact) mass is 247 g/mol. The first kappa shape index (κ1) is 12.6. The fourth-order valence-corrected chi connectivity index (χ4v) is 1.89. The molecule has 94 valence electrons. The Labute approximate surface area is 105 Å². The standard InChI is InChI=1S/C15H15F2N/c1-11(9-12-5-3-2-4-6-12)18-13-7-8-14(16)15(17)10-13/h2-8,10-11,18H,9H2,1H3. The Kier molecular flexibility index (Phi) is 3.92. The van der Waals surface area contributed by atoms with Crippen LogP contribution < -0.4 is 5.32 Å². The molecule has 0 bridgehead atoms. The molecule has 0 saturated heterocycles. The number of anilines is 1. The minimum Gasteiger partial charge on any atom is -0.382 e. The van der Waals surface area contributed by atoms with E-state index in [9.17, 15) is 8.78 Å². The average Bonchev–Trinajstić information content (AvgIpc) is 2.35. The summed E-state index contributed by atoms with van der Waals surface area (Å²) >= 11 is 0. The molecule has 1 atom stereocenters.